The zero-order valence-electron chi connectivity index (χ0n) is 13.6. The minimum Gasteiger partial charge on any atom is -0.341 e. The third-order valence-corrected chi connectivity index (χ3v) is 5.95. The van der Waals surface area contributed by atoms with Crippen molar-refractivity contribution in [1.82, 2.24) is 9.88 Å². The van der Waals surface area contributed by atoms with Gasteiger partial charge >= 0.3 is 0 Å². The Kier molecular flexibility index (Phi) is 6.04. The fourth-order valence-electron chi connectivity index (χ4n) is 2.40. The summed E-state index contributed by atoms with van der Waals surface area (Å²) in [5.41, 5.74) is 2.95. The molecule has 0 aliphatic carbocycles. The highest BCUT2D eigenvalue weighted by Crippen LogP contribution is 2.26. The van der Waals surface area contributed by atoms with Crippen LogP contribution in [0.2, 0.25) is 0 Å². The first-order valence-corrected chi connectivity index (χ1v) is 10.2. The molecule has 3 nitrogen and oxygen atoms in total. The number of rotatable bonds is 5. The number of aromatic nitrogens is 1. The number of benzene rings is 2. The van der Waals surface area contributed by atoms with Crippen LogP contribution in [0.3, 0.4) is 0 Å². The highest BCUT2D eigenvalue weighted by molar-refractivity contribution is 9.10. The van der Waals surface area contributed by atoms with Gasteiger partial charge in [0.2, 0.25) is 5.91 Å². The molecule has 128 valence electrons. The third-order valence-electron chi connectivity index (χ3n) is 3.75. The molecule has 3 rings (SSSR count). The fraction of sp³-hybridized carbons (Fsp3) is 0.158. The van der Waals surface area contributed by atoms with Gasteiger partial charge in [-0.05, 0) is 23.8 Å². The van der Waals surface area contributed by atoms with Crippen molar-refractivity contribution in [3.63, 3.8) is 0 Å². The van der Waals surface area contributed by atoms with Crippen molar-refractivity contribution in [1.29, 1.82) is 0 Å². The van der Waals surface area contributed by atoms with E-state index in [9.17, 15) is 4.79 Å². The first-order chi connectivity index (χ1) is 12.0. The maximum Gasteiger partial charge on any atom is 0.228 e. The van der Waals surface area contributed by atoms with Crippen LogP contribution in [0, 0.1) is 0 Å². The first-order valence-electron chi connectivity index (χ1n) is 7.70. The van der Waals surface area contributed by atoms with Gasteiger partial charge < -0.3 is 4.90 Å². The van der Waals surface area contributed by atoms with Crippen molar-refractivity contribution in [2.75, 3.05) is 7.05 Å². The number of hydrogen-bond donors (Lipinski definition) is 0. The Morgan fingerprint density at radius 2 is 1.96 bits per heavy atom. The smallest absolute Gasteiger partial charge is 0.228 e. The van der Waals surface area contributed by atoms with Crippen LogP contribution in [0.1, 0.15) is 11.3 Å². The number of carbonyl (C=O) groups excluding carboxylic acids is 1. The van der Waals surface area contributed by atoms with Crippen molar-refractivity contribution < 1.29 is 4.79 Å². The van der Waals surface area contributed by atoms with Gasteiger partial charge in [0.15, 0.2) is 0 Å². The molecular weight excluding hydrogens is 464 g/mol. The van der Waals surface area contributed by atoms with Gasteiger partial charge in [0, 0.05) is 33.5 Å². The Hall–Kier alpha value is -1.50. The molecule has 0 N–H and O–H groups in total. The third kappa shape index (κ3) is 4.77. The van der Waals surface area contributed by atoms with Gasteiger partial charge in [-0.3, -0.25) is 4.79 Å². The van der Waals surface area contributed by atoms with E-state index < -0.39 is 0 Å². The van der Waals surface area contributed by atoms with E-state index in [2.05, 4.69) is 36.8 Å². The summed E-state index contributed by atoms with van der Waals surface area (Å²) in [5.74, 6) is 0.0573. The molecule has 0 unspecified atom stereocenters. The monoisotopic (exact) mass is 478 g/mol. The first kappa shape index (κ1) is 18.3. The summed E-state index contributed by atoms with van der Waals surface area (Å²) in [4.78, 5) is 18.8. The molecule has 6 heteroatoms. The molecule has 0 saturated heterocycles. The Bertz CT molecular complexity index is 894. The molecule has 1 aromatic heterocycles. The molecule has 3 aromatic rings. The van der Waals surface area contributed by atoms with E-state index in [0.717, 1.165) is 30.8 Å². The van der Waals surface area contributed by atoms with E-state index in [4.69, 9.17) is 0 Å². The topological polar surface area (TPSA) is 33.2 Å². The summed E-state index contributed by atoms with van der Waals surface area (Å²) in [6.07, 6.45) is 0.311. The van der Waals surface area contributed by atoms with Gasteiger partial charge in [-0.2, -0.15) is 0 Å². The van der Waals surface area contributed by atoms with Crippen molar-refractivity contribution >= 4 is 49.1 Å². The van der Waals surface area contributed by atoms with Gasteiger partial charge in [0.25, 0.3) is 0 Å². The average Bonchev–Trinajstić information content (AvgIpc) is 3.05. The van der Waals surface area contributed by atoms with Gasteiger partial charge in [-0.25, -0.2) is 4.98 Å². The van der Waals surface area contributed by atoms with E-state index in [1.807, 2.05) is 61.0 Å². The molecule has 2 aromatic carbocycles. The second-order valence-electron chi connectivity index (χ2n) is 5.67. The largest absolute Gasteiger partial charge is 0.341 e. The molecule has 0 spiro atoms. The molecule has 0 bridgehead atoms. The summed E-state index contributed by atoms with van der Waals surface area (Å²) in [6.45, 7) is 0.572. The van der Waals surface area contributed by atoms with Crippen LogP contribution in [0.5, 0.6) is 0 Å². The maximum absolute atomic E-state index is 12.5. The minimum atomic E-state index is 0.0573. The Morgan fingerprint density at radius 3 is 2.72 bits per heavy atom. The lowest BCUT2D eigenvalue weighted by atomic mass is 10.2. The molecule has 0 atom stereocenters. The second-order valence-corrected chi connectivity index (χ2v) is 8.30. The van der Waals surface area contributed by atoms with E-state index in [0.29, 0.717) is 13.0 Å². The summed E-state index contributed by atoms with van der Waals surface area (Å²) >= 11 is 8.56. The lowest BCUT2D eigenvalue weighted by molar-refractivity contribution is -0.129. The van der Waals surface area contributed by atoms with Crippen LogP contribution < -0.4 is 0 Å². The predicted octanol–water partition coefficient (Wildman–Crippen LogP) is 5.54. The number of halogens is 2. The molecule has 1 amide bonds. The number of nitrogens with zero attached hydrogens (tertiary/aromatic N) is 2. The van der Waals surface area contributed by atoms with E-state index in [1.54, 1.807) is 16.2 Å². The summed E-state index contributed by atoms with van der Waals surface area (Å²) in [7, 11) is 1.82. The minimum absolute atomic E-state index is 0.0573. The predicted molar refractivity (Wildman–Crippen MR) is 110 cm³/mol. The number of likely N-dealkylation sites (N-methyl/N-ethyl adjacent to an activating group) is 1. The fourth-order valence-corrected chi connectivity index (χ4v) is 4.03. The SMILES string of the molecule is CN(Cc1ccccc1Br)C(=O)Cc1csc(-c2cccc(Br)c2)n1. The zero-order valence-corrected chi connectivity index (χ0v) is 17.6. The van der Waals surface area contributed by atoms with Crippen LogP contribution in [-0.2, 0) is 17.8 Å². The number of carbonyl (C=O) groups is 1. The van der Waals surface area contributed by atoms with E-state index >= 15 is 0 Å². The molecule has 0 aliphatic rings. The van der Waals surface area contributed by atoms with Gasteiger partial charge in [-0.15, -0.1) is 11.3 Å². The Morgan fingerprint density at radius 1 is 1.16 bits per heavy atom. The summed E-state index contributed by atoms with van der Waals surface area (Å²) in [5, 5.41) is 2.89. The molecule has 0 saturated carbocycles. The number of hydrogen-bond acceptors (Lipinski definition) is 3. The van der Waals surface area contributed by atoms with E-state index in [1.165, 1.54) is 0 Å². The van der Waals surface area contributed by atoms with Crippen LogP contribution in [0.25, 0.3) is 10.6 Å². The Balaban J connectivity index is 1.66. The molecule has 1 heterocycles. The van der Waals surface area contributed by atoms with Crippen LogP contribution >= 0.6 is 43.2 Å². The highest BCUT2D eigenvalue weighted by Gasteiger charge is 2.14. The molecule has 0 fully saturated rings. The standard InChI is InChI=1S/C19H16Br2N2OS/c1-23(11-14-5-2-3-8-17(14)21)18(24)10-16-12-25-19(22-16)13-6-4-7-15(20)9-13/h2-9,12H,10-11H2,1H3. The highest BCUT2D eigenvalue weighted by atomic mass is 79.9. The van der Waals surface area contributed by atoms with Crippen molar-refractivity contribution in [3.05, 3.63) is 74.1 Å². The summed E-state index contributed by atoms with van der Waals surface area (Å²) < 4.78 is 2.03. The normalized spacial score (nSPS) is 10.7. The maximum atomic E-state index is 12.5. The molecule has 0 aliphatic heterocycles. The van der Waals surface area contributed by atoms with Crippen molar-refractivity contribution in [2.24, 2.45) is 0 Å². The van der Waals surface area contributed by atoms with Gasteiger partial charge in [0.1, 0.15) is 5.01 Å². The molecule has 0 radical (unpaired) electrons. The Labute approximate surface area is 168 Å². The lowest BCUT2D eigenvalue weighted by Crippen LogP contribution is -2.27. The number of amides is 1. The quantitative estimate of drug-likeness (QED) is 0.481. The van der Waals surface area contributed by atoms with Crippen LogP contribution in [0.4, 0.5) is 0 Å². The van der Waals surface area contributed by atoms with Crippen LogP contribution in [0.15, 0.2) is 62.9 Å². The van der Waals surface area contributed by atoms with Crippen LogP contribution in [-0.4, -0.2) is 22.8 Å². The number of thiazole rings is 1. The van der Waals surface area contributed by atoms with Crippen molar-refractivity contribution in [3.8, 4) is 10.6 Å². The van der Waals surface area contributed by atoms with Crippen molar-refractivity contribution in [2.45, 2.75) is 13.0 Å². The lowest BCUT2D eigenvalue weighted by Gasteiger charge is -2.17. The second kappa shape index (κ2) is 8.25. The van der Waals surface area contributed by atoms with Gasteiger partial charge in [0.05, 0.1) is 12.1 Å². The molecule has 25 heavy (non-hydrogen) atoms. The zero-order chi connectivity index (χ0) is 17.8. The van der Waals surface area contributed by atoms with Gasteiger partial charge in [-0.1, -0.05) is 62.2 Å². The summed E-state index contributed by atoms with van der Waals surface area (Å²) in [6, 6.07) is 16.0. The molecular formula is C19H16Br2N2OS. The van der Waals surface area contributed by atoms with E-state index in [-0.39, 0.29) is 5.91 Å². The average molecular weight is 480 g/mol.